The zero-order chi connectivity index (χ0) is 26.4. The van der Waals surface area contributed by atoms with E-state index < -0.39 is 74.2 Å². The van der Waals surface area contributed by atoms with Crippen molar-refractivity contribution in [1.82, 2.24) is 5.32 Å². The van der Waals surface area contributed by atoms with E-state index >= 15 is 0 Å². The highest BCUT2D eigenvalue weighted by atomic mass is 16.7. The molecule has 1 fully saturated rings. The summed E-state index contributed by atoms with van der Waals surface area (Å²) in [6, 6.07) is 0. The number of ether oxygens (including phenoxy) is 2. The summed E-state index contributed by atoms with van der Waals surface area (Å²) in [5.74, 6) is -0.922. The summed E-state index contributed by atoms with van der Waals surface area (Å²) in [4.78, 5) is 12.3. The van der Waals surface area contributed by atoms with Crippen molar-refractivity contribution in [3.63, 3.8) is 0 Å². The van der Waals surface area contributed by atoms with Crippen LogP contribution in [0.3, 0.4) is 0 Å². The van der Waals surface area contributed by atoms with Gasteiger partial charge in [0.05, 0.1) is 13.2 Å². The molecule has 35 heavy (non-hydrogen) atoms. The summed E-state index contributed by atoms with van der Waals surface area (Å²) in [6.45, 7) is 2.29. The number of amides is 1. The highest BCUT2D eigenvalue weighted by molar-refractivity contribution is 5.81. The van der Waals surface area contributed by atoms with E-state index in [0.717, 1.165) is 44.9 Å². The first-order valence-corrected chi connectivity index (χ1v) is 12.2. The fourth-order valence-electron chi connectivity index (χ4n) is 3.79. The summed E-state index contributed by atoms with van der Waals surface area (Å²) in [7, 11) is 0. The van der Waals surface area contributed by atoms with Gasteiger partial charge >= 0.3 is 0 Å². The van der Waals surface area contributed by atoms with Gasteiger partial charge in [0.25, 0.3) is 5.91 Å². The lowest BCUT2D eigenvalue weighted by Gasteiger charge is -2.42. The number of aliphatic hydroxyl groups is 8. The molecule has 0 saturated carbocycles. The molecule has 12 heteroatoms. The molecular weight excluding hydrogens is 466 g/mol. The van der Waals surface area contributed by atoms with Crippen LogP contribution in [0.2, 0.25) is 0 Å². The molecular formula is C23H43NO11. The van der Waals surface area contributed by atoms with E-state index in [-0.39, 0.29) is 6.54 Å². The number of rotatable bonds is 18. The topological polar surface area (TPSA) is 209 Å². The van der Waals surface area contributed by atoms with E-state index in [1.165, 1.54) is 0 Å². The maximum absolute atomic E-state index is 12.3. The van der Waals surface area contributed by atoms with Gasteiger partial charge in [0.15, 0.2) is 12.4 Å². The van der Waals surface area contributed by atoms with E-state index in [1.807, 2.05) is 6.08 Å². The third-order valence-corrected chi connectivity index (χ3v) is 6.02. The normalized spacial score (nSPS) is 28.2. The third kappa shape index (κ3) is 10.4. The van der Waals surface area contributed by atoms with E-state index in [9.17, 15) is 45.6 Å². The average Bonchev–Trinajstić information content (AvgIpc) is 2.86. The van der Waals surface area contributed by atoms with Gasteiger partial charge in [-0.3, -0.25) is 4.79 Å². The lowest BCUT2D eigenvalue weighted by molar-refractivity contribution is -0.326. The van der Waals surface area contributed by atoms with Crippen molar-refractivity contribution in [2.24, 2.45) is 0 Å². The van der Waals surface area contributed by atoms with Crippen molar-refractivity contribution in [2.75, 3.05) is 19.8 Å². The lowest BCUT2D eigenvalue weighted by atomic mass is 9.98. The maximum Gasteiger partial charge on any atom is 0.251 e. The summed E-state index contributed by atoms with van der Waals surface area (Å²) in [5, 5.41) is 81.7. The first kappa shape index (κ1) is 31.8. The van der Waals surface area contributed by atoms with Crippen molar-refractivity contribution in [2.45, 2.75) is 106 Å². The standard InChI is InChI=1S/C23H43NO11/c1-2-3-4-5-6-7-8-9-10-11-24-22(33)19(31)18(30)21(14(27)12-25)35-23-20(32)17(29)16(28)15(13-26)34-23/h2,14-21,23,25-32H,1,3-13H2,(H,24,33). The van der Waals surface area contributed by atoms with Gasteiger partial charge in [-0.15, -0.1) is 6.58 Å². The van der Waals surface area contributed by atoms with Crippen LogP contribution in [0.25, 0.3) is 0 Å². The van der Waals surface area contributed by atoms with E-state index in [1.54, 1.807) is 0 Å². The Morgan fingerprint density at radius 3 is 2.11 bits per heavy atom. The average molecular weight is 510 g/mol. The molecule has 0 aromatic rings. The number of carbonyl (C=O) groups is 1. The summed E-state index contributed by atoms with van der Waals surface area (Å²) in [6.07, 6.45) is -6.07. The predicted molar refractivity (Wildman–Crippen MR) is 124 cm³/mol. The zero-order valence-corrected chi connectivity index (χ0v) is 20.1. The molecule has 12 nitrogen and oxygen atoms in total. The van der Waals surface area contributed by atoms with Gasteiger partial charge in [-0.1, -0.05) is 38.2 Å². The molecule has 0 aromatic carbocycles. The largest absolute Gasteiger partial charge is 0.394 e. The van der Waals surface area contributed by atoms with Gasteiger partial charge in [-0.25, -0.2) is 0 Å². The molecule has 0 bridgehead atoms. The lowest BCUT2D eigenvalue weighted by Crippen LogP contribution is -2.62. The van der Waals surface area contributed by atoms with Crippen LogP contribution in [0.5, 0.6) is 0 Å². The molecule has 1 rings (SSSR count). The van der Waals surface area contributed by atoms with Gasteiger partial charge in [0.1, 0.15) is 42.7 Å². The molecule has 1 amide bonds. The van der Waals surface area contributed by atoms with Crippen molar-refractivity contribution in [3.8, 4) is 0 Å². The molecule has 0 radical (unpaired) electrons. The Labute approximate surface area is 205 Å². The van der Waals surface area contributed by atoms with Crippen LogP contribution in [0.4, 0.5) is 0 Å². The Kier molecular flexibility index (Phi) is 15.7. The van der Waals surface area contributed by atoms with Gasteiger partial charge in [0, 0.05) is 6.54 Å². The molecule has 9 N–H and O–H groups in total. The van der Waals surface area contributed by atoms with Gasteiger partial charge < -0.3 is 55.6 Å². The molecule has 1 saturated heterocycles. The number of aliphatic hydroxyl groups excluding tert-OH is 8. The smallest absolute Gasteiger partial charge is 0.251 e. The molecule has 9 unspecified atom stereocenters. The highest BCUT2D eigenvalue weighted by Crippen LogP contribution is 2.25. The van der Waals surface area contributed by atoms with Crippen LogP contribution < -0.4 is 5.32 Å². The first-order valence-electron chi connectivity index (χ1n) is 12.2. The Hall–Kier alpha value is -1.19. The second-order valence-electron chi connectivity index (χ2n) is 8.83. The van der Waals surface area contributed by atoms with Gasteiger partial charge in [-0.2, -0.15) is 0 Å². The van der Waals surface area contributed by atoms with Crippen molar-refractivity contribution >= 4 is 5.91 Å². The SMILES string of the molecule is C=CCCCCCCCCCNC(=O)C(O)C(O)C(OC1OC(CO)C(O)C(O)C1O)C(O)CO. The summed E-state index contributed by atoms with van der Waals surface area (Å²) >= 11 is 0. The number of hydrogen-bond donors (Lipinski definition) is 9. The molecule has 1 aliphatic rings. The molecule has 0 aromatic heterocycles. The number of allylic oxidation sites excluding steroid dienone is 1. The third-order valence-electron chi connectivity index (χ3n) is 6.02. The van der Waals surface area contributed by atoms with Crippen LogP contribution in [0.1, 0.15) is 51.4 Å². The Morgan fingerprint density at radius 1 is 0.943 bits per heavy atom. The van der Waals surface area contributed by atoms with E-state index in [2.05, 4.69) is 11.9 Å². The molecule has 206 valence electrons. The Morgan fingerprint density at radius 2 is 1.54 bits per heavy atom. The Bertz CT molecular complexity index is 594. The second kappa shape index (κ2) is 17.3. The van der Waals surface area contributed by atoms with E-state index in [0.29, 0.717) is 6.42 Å². The predicted octanol–water partition coefficient (Wildman–Crippen LogP) is -2.33. The summed E-state index contributed by atoms with van der Waals surface area (Å²) in [5.41, 5.74) is 0. The number of unbranched alkanes of at least 4 members (excludes halogenated alkanes) is 7. The van der Waals surface area contributed by atoms with Crippen LogP contribution in [0.15, 0.2) is 12.7 Å². The van der Waals surface area contributed by atoms with Crippen LogP contribution in [0, 0.1) is 0 Å². The molecule has 0 aliphatic carbocycles. The monoisotopic (exact) mass is 509 g/mol. The van der Waals surface area contributed by atoms with Crippen LogP contribution in [-0.2, 0) is 14.3 Å². The molecule has 1 aliphatic heterocycles. The van der Waals surface area contributed by atoms with Gasteiger partial charge in [-0.05, 0) is 19.3 Å². The minimum atomic E-state index is -2.05. The number of hydrogen-bond acceptors (Lipinski definition) is 11. The fourth-order valence-corrected chi connectivity index (χ4v) is 3.79. The van der Waals surface area contributed by atoms with Crippen LogP contribution >= 0.6 is 0 Å². The zero-order valence-electron chi connectivity index (χ0n) is 20.1. The molecule has 9 atom stereocenters. The Balaban J connectivity index is 2.54. The van der Waals surface area contributed by atoms with Crippen molar-refractivity contribution < 1.29 is 55.1 Å². The van der Waals surface area contributed by atoms with Crippen LogP contribution in [-0.4, -0.2) is 122 Å². The highest BCUT2D eigenvalue weighted by Gasteiger charge is 2.47. The van der Waals surface area contributed by atoms with Gasteiger partial charge in [0.2, 0.25) is 0 Å². The van der Waals surface area contributed by atoms with Crippen molar-refractivity contribution in [1.29, 1.82) is 0 Å². The fraction of sp³-hybridized carbons (Fsp3) is 0.870. The number of nitrogens with one attached hydrogen (secondary N) is 1. The van der Waals surface area contributed by atoms with Crippen molar-refractivity contribution in [3.05, 3.63) is 12.7 Å². The molecule has 1 heterocycles. The minimum absolute atomic E-state index is 0.264. The number of carbonyl (C=O) groups excluding carboxylic acids is 1. The first-order chi connectivity index (χ1) is 16.7. The maximum atomic E-state index is 12.3. The minimum Gasteiger partial charge on any atom is -0.394 e. The molecule has 0 spiro atoms. The second-order valence-corrected chi connectivity index (χ2v) is 8.83. The summed E-state index contributed by atoms with van der Waals surface area (Å²) < 4.78 is 10.4. The van der Waals surface area contributed by atoms with E-state index in [4.69, 9.17) is 9.47 Å². The quantitative estimate of drug-likeness (QED) is 0.0706.